The molecule has 1 aliphatic heterocycles. The zero-order chi connectivity index (χ0) is 9.42. The van der Waals surface area contributed by atoms with Gasteiger partial charge in [-0.2, -0.15) is 0 Å². The Kier molecular flexibility index (Phi) is 3.69. The third-order valence-corrected chi connectivity index (χ3v) is 1.96. The van der Waals surface area contributed by atoms with Crippen LogP contribution in [0.5, 0.6) is 0 Å². The van der Waals surface area contributed by atoms with Crippen molar-refractivity contribution in [1.82, 2.24) is 5.06 Å². The topological polar surface area (TPSA) is 46.6 Å². The van der Waals surface area contributed by atoms with Gasteiger partial charge < -0.3 is 0 Å². The quantitative estimate of drug-likeness (QED) is 0.519. The molecule has 0 aromatic heterocycles. The van der Waals surface area contributed by atoms with E-state index in [4.69, 9.17) is 11.9 Å². The Morgan fingerprint density at radius 2 is 1.50 bits per heavy atom. The number of hydroxylamine groups is 2. The molecule has 1 aromatic carbocycles. The summed E-state index contributed by atoms with van der Waals surface area (Å²) in [4.78, 5) is 22.7. The molecule has 0 saturated carbocycles. The van der Waals surface area contributed by atoms with Crippen LogP contribution in [-0.4, -0.2) is 46.4 Å². The van der Waals surface area contributed by atoms with Crippen molar-refractivity contribution in [2.24, 2.45) is 0 Å². The SMILES string of the molecule is O=C1c2ccccc2C(=O)N1OCl.[NaH]. The molecule has 68 valence electrons. The molecule has 2 rings (SSSR count). The van der Waals surface area contributed by atoms with Crippen molar-refractivity contribution >= 4 is 53.2 Å². The molecule has 0 radical (unpaired) electrons. The van der Waals surface area contributed by atoms with Gasteiger partial charge in [-0.1, -0.05) is 12.1 Å². The summed E-state index contributed by atoms with van der Waals surface area (Å²) in [6.45, 7) is 0. The number of amides is 2. The molecule has 2 amide bonds. The molecule has 14 heavy (non-hydrogen) atoms. The van der Waals surface area contributed by atoms with Crippen molar-refractivity contribution in [2.45, 2.75) is 0 Å². The zero-order valence-electron chi connectivity index (χ0n) is 6.36. The fraction of sp³-hybridized carbons (Fsp3) is 0. The average molecular weight is 222 g/mol. The van der Waals surface area contributed by atoms with Crippen LogP contribution in [0.25, 0.3) is 0 Å². The van der Waals surface area contributed by atoms with E-state index in [0.29, 0.717) is 16.2 Å². The van der Waals surface area contributed by atoms with Crippen molar-refractivity contribution < 1.29 is 14.0 Å². The molecule has 1 heterocycles. The standard InChI is InChI=1S/C8H4ClNO3.Na.H/c9-13-10-7(11)5-3-1-2-4-6(5)8(10)12;;/h1-4H;;. The summed E-state index contributed by atoms with van der Waals surface area (Å²) >= 11 is 4.97. The third kappa shape index (κ3) is 1.60. The number of hydrogen-bond acceptors (Lipinski definition) is 3. The monoisotopic (exact) mass is 221 g/mol. The number of nitrogens with zero attached hydrogens (tertiary/aromatic N) is 1. The van der Waals surface area contributed by atoms with Crippen LogP contribution in [0.15, 0.2) is 24.3 Å². The van der Waals surface area contributed by atoms with Gasteiger partial charge in [-0.15, -0.1) is 9.45 Å². The fourth-order valence-corrected chi connectivity index (χ4v) is 1.36. The van der Waals surface area contributed by atoms with Gasteiger partial charge in [0.25, 0.3) is 11.8 Å². The molecule has 0 N–H and O–H groups in total. The van der Waals surface area contributed by atoms with Crippen LogP contribution < -0.4 is 0 Å². The number of hydrogen-bond donors (Lipinski definition) is 0. The predicted octanol–water partition coefficient (Wildman–Crippen LogP) is 0.720. The summed E-state index contributed by atoms with van der Waals surface area (Å²) < 4.78 is 4.12. The maximum atomic E-state index is 11.3. The van der Waals surface area contributed by atoms with Gasteiger partial charge in [0.1, 0.15) is 0 Å². The van der Waals surface area contributed by atoms with Gasteiger partial charge in [0.2, 0.25) is 0 Å². The first-order valence-electron chi connectivity index (χ1n) is 3.52. The van der Waals surface area contributed by atoms with Crippen LogP contribution in [0.4, 0.5) is 0 Å². The minimum absolute atomic E-state index is 0. The molecule has 0 saturated heterocycles. The average Bonchev–Trinajstić information content (AvgIpc) is 2.41. The van der Waals surface area contributed by atoms with E-state index in [-0.39, 0.29) is 29.6 Å². The van der Waals surface area contributed by atoms with E-state index in [1.165, 1.54) is 0 Å². The van der Waals surface area contributed by atoms with Crippen molar-refractivity contribution in [3.05, 3.63) is 35.4 Å². The fourth-order valence-electron chi connectivity index (χ4n) is 1.23. The Labute approximate surface area is 107 Å². The predicted molar refractivity (Wildman–Crippen MR) is 51.0 cm³/mol. The number of imide groups is 1. The molecule has 0 atom stereocenters. The number of benzene rings is 1. The van der Waals surface area contributed by atoms with E-state index in [1.54, 1.807) is 24.3 Å². The molecular formula is C8H5ClNNaO3. The van der Waals surface area contributed by atoms with Crippen LogP contribution in [0.1, 0.15) is 20.7 Å². The zero-order valence-corrected chi connectivity index (χ0v) is 7.12. The first-order chi connectivity index (χ1) is 6.25. The van der Waals surface area contributed by atoms with Gasteiger partial charge in [0.05, 0.1) is 23.0 Å². The minimum atomic E-state index is -0.532. The molecule has 0 bridgehead atoms. The van der Waals surface area contributed by atoms with Crippen molar-refractivity contribution in [3.8, 4) is 0 Å². The Morgan fingerprint density at radius 3 is 1.86 bits per heavy atom. The molecule has 1 aliphatic rings. The van der Waals surface area contributed by atoms with Crippen LogP contribution in [0, 0.1) is 0 Å². The number of carbonyl (C=O) groups excluding carboxylic acids is 2. The molecule has 0 fully saturated rings. The maximum absolute atomic E-state index is 11.3. The van der Waals surface area contributed by atoms with Crippen LogP contribution in [0.3, 0.4) is 0 Å². The molecule has 4 nitrogen and oxygen atoms in total. The summed E-state index contributed by atoms with van der Waals surface area (Å²) in [7, 11) is 0. The number of fused-ring (bicyclic) bond motifs is 1. The Bertz CT molecular complexity index is 361. The van der Waals surface area contributed by atoms with Crippen LogP contribution in [0.2, 0.25) is 0 Å². The molecule has 0 aliphatic carbocycles. The normalized spacial score (nSPS) is 13.9. The molecule has 1 aromatic rings. The van der Waals surface area contributed by atoms with E-state index in [0.717, 1.165) is 0 Å². The summed E-state index contributed by atoms with van der Waals surface area (Å²) in [5.74, 6) is -1.06. The van der Waals surface area contributed by atoms with Crippen molar-refractivity contribution in [3.63, 3.8) is 0 Å². The van der Waals surface area contributed by atoms with E-state index in [1.807, 2.05) is 0 Å². The Balaban J connectivity index is 0.000000980. The second kappa shape index (κ2) is 4.42. The van der Waals surface area contributed by atoms with E-state index < -0.39 is 11.8 Å². The van der Waals surface area contributed by atoms with E-state index >= 15 is 0 Å². The molecule has 0 spiro atoms. The third-order valence-electron chi connectivity index (χ3n) is 1.83. The summed E-state index contributed by atoms with van der Waals surface area (Å²) in [6.07, 6.45) is 0. The number of halogens is 1. The Morgan fingerprint density at radius 1 is 1.07 bits per heavy atom. The van der Waals surface area contributed by atoms with E-state index in [9.17, 15) is 9.59 Å². The van der Waals surface area contributed by atoms with Crippen LogP contribution >= 0.6 is 11.9 Å². The summed E-state index contributed by atoms with van der Waals surface area (Å²) in [6, 6.07) is 6.43. The first kappa shape index (κ1) is 11.7. The van der Waals surface area contributed by atoms with Gasteiger partial charge in [-0.05, 0) is 12.1 Å². The van der Waals surface area contributed by atoms with Crippen molar-refractivity contribution in [1.29, 1.82) is 0 Å². The van der Waals surface area contributed by atoms with Gasteiger partial charge in [-0.3, -0.25) is 9.59 Å². The molecular weight excluding hydrogens is 217 g/mol. The second-order valence-corrected chi connectivity index (χ2v) is 2.66. The van der Waals surface area contributed by atoms with Gasteiger partial charge in [0, 0.05) is 0 Å². The van der Waals surface area contributed by atoms with Gasteiger partial charge in [0.15, 0.2) is 0 Å². The molecule has 0 unspecified atom stereocenters. The van der Waals surface area contributed by atoms with Gasteiger partial charge >= 0.3 is 29.6 Å². The van der Waals surface area contributed by atoms with Crippen molar-refractivity contribution in [2.75, 3.05) is 0 Å². The van der Waals surface area contributed by atoms with Gasteiger partial charge in [-0.25, -0.2) is 0 Å². The summed E-state index contributed by atoms with van der Waals surface area (Å²) in [5.41, 5.74) is 0.626. The van der Waals surface area contributed by atoms with E-state index in [2.05, 4.69) is 4.39 Å². The number of carbonyl (C=O) groups is 2. The molecule has 6 heteroatoms. The van der Waals surface area contributed by atoms with Crippen LogP contribution in [-0.2, 0) is 4.39 Å². The second-order valence-electron chi connectivity index (χ2n) is 2.52. The Hall–Kier alpha value is -0.390. The summed E-state index contributed by atoms with van der Waals surface area (Å²) in [5, 5.41) is 0.520. The first-order valence-corrected chi connectivity index (χ1v) is 3.83. The number of rotatable bonds is 1.